The molecule has 2 atom stereocenters. The number of aliphatic hydroxyl groups excluding tert-OH is 1. The standard InChI is InChI=1S/C13H21N3O2/c1-3-10-7-12(16(2)15-10)13(18)14-8-9-4-5-11(17)6-9/h7,9,11,17H,3-6,8H2,1-2H3,(H,14,18). The van der Waals surface area contributed by atoms with Crippen LogP contribution in [0.3, 0.4) is 0 Å². The summed E-state index contributed by atoms with van der Waals surface area (Å²) in [5.74, 6) is 0.328. The minimum atomic E-state index is -0.185. The summed E-state index contributed by atoms with van der Waals surface area (Å²) in [6, 6.07) is 1.83. The maximum atomic E-state index is 12.0. The molecular formula is C13H21N3O2. The zero-order chi connectivity index (χ0) is 13.1. The minimum absolute atomic E-state index is 0.0777. The number of aryl methyl sites for hydroxylation is 2. The third kappa shape index (κ3) is 2.90. The fraction of sp³-hybridized carbons (Fsp3) is 0.692. The van der Waals surface area contributed by atoms with E-state index in [1.807, 2.05) is 13.0 Å². The van der Waals surface area contributed by atoms with Gasteiger partial charge in [0.05, 0.1) is 11.8 Å². The van der Waals surface area contributed by atoms with E-state index in [2.05, 4.69) is 10.4 Å². The Balaban J connectivity index is 1.89. The van der Waals surface area contributed by atoms with Gasteiger partial charge in [-0.15, -0.1) is 0 Å². The van der Waals surface area contributed by atoms with Crippen molar-refractivity contribution in [2.24, 2.45) is 13.0 Å². The monoisotopic (exact) mass is 251 g/mol. The number of carbonyl (C=O) groups is 1. The zero-order valence-corrected chi connectivity index (χ0v) is 11.0. The minimum Gasteiger partial charge on any atom is -0.393 e. The number of aliphatic hydroxyl groups is 1. The molecule has 18 heavy (non-hydrogen) atoms. The summed E-state index contributed by atoms with van der Waals surface area (Å²) in [7, 11) is 1.79. The van der Waals surface area contributed by atoms with Crippen molar-refractivity contribution in [2.45, 2.75) is 38.7 Å². The van der Waals surface area contributed by atoms with E-state index in [1.165, 1.54) is 0 Å². The average molecular weight is 251 g/mol. The van der Waals surface area contributed by atoms with Crippen LogP contribution in [-0.2, 0) is 13.5 Å². The molecule has 2 unspecified atom stereocenters. The molecule has 0 aromatic carbocycles. The van der Waals surface area contributed by atoms with Gasteiger partial charge in [0.25, 0.3) is 5.91 Å². The van der Waals surface area contributed by atoms with Crippen LogP contribution in [0.15, 0.2) is 6.07 Å². The van der Waals surface area contributed by atoms with Gasteiger partial charge in [-0.05, 0) is 37.7 Å². The number of hydrogen-bond donors (Lipinski definition) is 2. The predicted molar refractivity (Wildman–Crippen MR) is 68.3 cm³/mol. The van der Waals surface area contributed by atoms with E-state index in [9.17, 15) is 9.90 Å². The van der Waals surface area contributed by atoms with Crippen LogP contribution in [0.5, 0.6) is 0 Å². The molecule has 1 fully saturated rings. The molecule has 2 N–H and O–H groups in total. The van der Waals surface area contributed by atoms with Crippen LogP contribution < -0.4 is 5.32 Å². The van der Waals surface area contributed by atoms with Crippen molar-refractivity contribution >= 4 is 5.91 Å². The first kappa shape index (κ1) is 13.1. The van der Waals surface area contributed by atoms with E-state index in [1.54, 1.807) is 11.7 Å². The summed E-state index contributed by atoms with van der Waals surface area (Å²) in [4.78, 5) is 12.0. The Kier molecular flexibility index (Phi) is 4.01. The molecule has 1 aliphatic rings. The number of nitrogens with one attached hydrogen (secondary N) is 1. The van der Waals surface area contributed by atoms with Gasteiger partial charge in [0.15, 0.2) is 0 Å². The molecule has 1 aliphatic carbocycles. The molecule has 0 spiro atoms. The molecule has 1 aromatic heterocycles. The van der Waals surface area contributed by atoms with E-state index in [-0.39, 0.29) is 12.0 Å². The maximum Gasteiger partial charge on any atom is 0.269 e. The Morgan fingerprint density at radius 3 is 2.94 bits per heavy atom. The predicted octanol–water partition coefficient (Wildman–Crippen LogP) is 0.873. The molecule has 0 aliphatic heterocycles. The second-order valence-corrected chi connectivity index (χ2v) is 5.04. The lowest BCUT2D eigenvalue weighted by atomic mass is 10.1. The highest BCUT2D eigenvalue weighted by atomic mass is 16.3. The fourth-order valence-corrected chi connectivity index (χ4v) is 2.47. The molecule has 1 heterocycles. The molecule has 0 saturated heterocycles. The highest BCUT2D eigenvalue weighted by Gasteiger charge is 2.23. The largest absolute Gasteiger partial charge is 0.393 e. The lowest BCUT2D eigenvalue weighted by Crippen LogP contribution is -2.30. The van der Waals surface area contributed by atoms with Gasteiger partial charge in [-0.2, -0.15) is 5.10 Å². The second kappa shape index (κ2) is 5.52. The molecule has 0 bridgehead atoms. The SMILES string of the molecule is CCc1cc(C(=O)NCC2CCC(O)C2)n(C)n1. The topological polar surface area (TPSA) is 67.2 Å². The van der Waals surface area contributed by atoms with Gasteiger partial charge in [0.2, 0.25) is 0 Å². The average Bonchev–Trinajstić information content (AvgIpc) is 2.92. The summed E-state index contributed by atoms with van der Waals surface area (Å²) in [6.07, 6.45) is 3.29. The molecule has 0 radical (unpaired) electrons. The maximum absolute atomic E-state index is 12.0. The van der Waals surface area contributed by atoms with Gasteiger partial charge in [0.1, 0.15) is 5.69 Å². The molecule has 1 aromatic rings. The van der Waals surface area contributed by atoms with Crippen molar-refractivity contribution < 1.29 is 9.90 Å². The summed E-state index contributed by atoms with van der Waals surface area (Å²) < 4.78 is 1.62. The molecule has 1 amide bonds. The Bertz CT molecular complexity index is 428. The van der Waals surface area contributed by atoms with Crippen molar-refractivity contribution in [3.05, 3.63) is 17.5 Å². The summed E-state index contributed by atoms with van der Waals surface area (Å²) in [6.45, 7) is 2.66. The van der Waals surface area contributed by atoms with Gasteiger partial charge < -0.3 is 10.4 Å². The Labute approximate surface area is 107 Å². The van der Waals surface area contributed by atoms with E-state index >= 15 is 0 Å². The molecule has 100 valence electrons. The lowest BCUT2D eigenvalue weighted by Gasteiger charge is -2.10. The number of carbonyl (C=O) groups excluding carboxylic acids is 1. The van der Waals surface area contributed by atoms with Crippen LogP contribution in [-0.4, -0.2) is 33.4 Å². The van der Waals surface area contributed by atoms with E-state index in [0.717, 1.165) is 31.4 Å². The molecular weight excluding hydrogens is 230 g/mol. The number of aromatic nitrogens is 2. The van der Waals surface area contributed by atoms with Crippen molar-refractivity contribution in [3.8, 4) is 0 Å². The summed E-state index contributed by atoms with van der Waals surface area (Å²) in [5.41, 5.74) is 1.53. The summed E-state index contributed by atoms with van der Waals surface area (Å²) in [5, 5.41) is 16.6. The number of hydrogen-bond acceptors (Lipinski definition) is 3. The Morgan fingerprint density at radius 1 is 1.61 bits per heavy atom. The van der Waals surface area contributed by atoms with Gasteiger partial charge in [-0.25, -0.2) is 0 Å². The van der Waals surface area contributed by atoms with Crippen molar-refractivity contribution in [1.82, 2.24) is 15.1 Å². The fourth-order valence-electron chi connectivity index (χ4n) is 2.47. The van der Waals surface area contributed by atoms with E-state index in [0.29, 0.717) is 18.2 Å². The van der Waals surface area contributed by atoms with Crippen molar-refractivity contribution in [2.75, 3.05) is 6.54 Å². The van der Waals surface area contributed by atoms with Gasteiger partial charge in [-0.1, -0.05) is 6.92 Å². The van der Waals surface area contributed by atoms with Crippen LogP contribution in [0, 0.1) is 5.92 Å². The molecule has 2 rings (SSSR count). The van der Waals surface area contributed by atoms with Gasteiger partial charge in [0, 0.05) is 13.6 Å². The third-order valence-electron chi connectivity index (χ3n) is 3.59. The first-order valence-electron chi connectivity index (χ1n) is 6.59. The zero-order valence-electron chi connectivity index (χ0n) is 11.0. The highest BCUT2D eigenvalue weighted by Crippen LogP contribution is 2.24. The molecule has 5 nitrogen and oxygen atoms in total. The first-order valence-corrected chi connectivity index (χ1v) is 6.59. The Morgan fingerprint density at radius 2 is 2.39 bits per heavy atom. The van der Waals surface area contributed by atoms with Crippen LogP contribution in [0.1, 0.15) is 42.4 Å². The Hall–Kier alpha value is -1.36. The van der Waals surface area contributed by atoms with Crippen LogP contribution in [0.4, 0.5) is 0 Å². The first-order chi connectivity index (χ1) is 8.60. The second-order valence-electron chi connectivity index (χ2n) is 5.04. The number of amides is 1. The smallest absolute Gasteiger partial charge is 0.269 e. The molecule has 1 saturated carbocycles. The highest BCUT2D eigenvalue weighted by molar-refractivity contribution is 5.92. The van der Waals surface area contributed by atoms with Crippen LogP contribution in [0.2, 0.25) is 0 Å². The lowest BCUT2D eigenvalue weighted by molar-refractivity contribution is 0.0935. The van der Waals surface area contributed by atoms with Gasteiger partial charge in [-0.3, -0.25) is 9.48 Å². The normalized spacial score (nSPS) is 23.3. The molecule has 5 heteroatoms. The third-order valence-corrected chi connectivity index (χ3v) is 3.59. The van der Waals surface area contributed by atoms with E-state index in [4.69, 9.17) is 0 Å². The van der Waals surface area contributed by atoms with E-state index < -0.39 is 0 Å². The summed E-state index contributed by atoms with van der Waals surface area (Å²) >= 11 is 0. The number of rotatable bonds is 4. The number of nitrogens with zero attached hydrogens (tertiary/aromatic N) is 2. The van der Waals surface area contributed by atoms with Gasteiger partial charge >= 0.3 is 0 Å². The quantitative estimate of drug-likeness (QED) is 0.834. The van der Waals surface area contributed by atoms with Crippen LogP contribution >= 0.6 is 0 Å². The van der Waals surface area contributed by atoms with Crippen molar-refractivity contribution in [3.63, 3.8) is 0 Å². The van der Waals surface area contributed by atoms with Crippen LogP contribution in [0.25, 0.3) is 0 Å². The van der Waals surface area contributed by atoms with Crippen molar-refractivity contribution in [1.29, 1.82) is 0 Å².